The lowest BCUT2D eigenvalue weighted by Crippen LogP contribution is -2.23. The molecular weight excluding hydrogens is 324 g/mol. The summed E-state index contributed by atoms with van der Waals surface area (Å²) in [6.45, 7) is 2.04. The summed E-state index contributed by atoms with van der Waals surface area (Å²) in [5, 5.41) is 19.8. The molecule has 1 N–H and O–H groups in total. The summed E-state index contributed by atoms with van der Waals surface area (Å²) in [6.07, 6.45) is 5.23. The number of aliphatic carboxylic acids is 1. The summed E-state index contributed by atoms with van der Waals surface area (Å²) < 4.78 is 1.96. The van der Waals surface area contributed by atoms with Crippen molar-refractivity contribution < 1.29 is 9.90 Å². The highest BCUT2D eigenvalue weighted by molar-refractivity contribution is 8.04. The van der Waals surface area contributed by atoms with Gasteiger partial charge in [0.05, 0.1) is 5.97 Å². The minimum Gasteiger partial charge on any atom is -0.544 e. The molecular formula is C17H17N4O2S-. The van der Waals surface area contributed by atoms with Crippen molar-refractivity contribution >= 4 is 34.7 Å². The number of carbonyl (C=O) groups excluding carboxylic acids is 1. The standard InChI is InChI=1S/C17H18N4O2S/c1-3-6-15-18-17(20-19-15)24-14(16(22)23)9-11-10-21(2)13-8-5-4-7-12(11)13/h4-5,7-10H,3,6H2,1-2H3,(H,22,23)(H,18,19,20)/p-1/b14-9-. The molecule has 0 saturated heterocycles. The summed E-state index contributed by atoms with van der Waals surface area (Å²) in [7, 11) is 1.93. The summed E-state index contributed by atoms with van der Waals surface area (Å²) in [5.41, 5.74) is 1.86. The highest BCUT2D eigenvalue weighted by atomic mass is 32.2. The van der Waals surface area contributed by atoms with Crippen molar-refractivity contribution in [2.24, 2.45) is 7.05 Å². The van der Waals surface area contributed by atoms with Crippen LogP contribution in [-0.4, -0.2) is 25.7 Å². The molecule has 3 rings (SSSR count). The van der Waals surface area contributed by atoms with E-state index in [1.54, 1.807) is 6.08 Å². The number of rotatable bonds is 6. The number of thioether (sulfide) groups is 1. The molecule has 24 heavy (non-hydrogen) atoms. The second kappa shape index (κ2) is 6.92. The lowest BCUT2D eigenvalue weighted by molar-refractivity contribution is -0.297. The number of hydrogen-bond acceptors (Lipinski definition) is 5. The number of aryl methyl sites for hydroxylation is 2. The highest BCUT2D eigenvalue weighted by Crippen LogP contribution is 2.28. The smallest absolute Gasteiger partial charge is 0.213 e. The molecule has 1 aromatic carbocycles. The third kappa shape index (κ3) is 3.35. The van der Waals surface area contributed by atoms with Gasteiger partial charge in [-0.2, -0.15) is 0 Å². The van der Waals surface area contributed by atoms with Crippen molar-refractivity contribution in [2.75, 3.05) is 0 Å². The Bertz CT molecular complexity index is 910. The Balaban J connectivity index is 1.94. The largest absolute Gasteiger partial charge is 0.544 e. The molecule has 0 spiro atoms. The van der Waals surface area contributed by atoms with Crippen LogP contribution in [0.2, 0.25) is 0 Å². The molecule has 0 saturated carbocycles. The molecule has 124 valence electrons. The summed E-state index contributed by atoms with van der Waals surface area (Å²) >= 11 is 0.992. The molecule has 0 amide bonds. The normalized spacial score (nSPS) is 12.0. The second-order valence-electron chi connectivity index (χ2n) is 5.43. The molecule has 0 aliphatic heterocycles. The van der Waals surface area contributed by atoms with Gasteiger partial charge in [-0.1, -0.05) is 25.1 Å². The molecule has 0 bridgehead atoms. The van der Waals surface area contributed by atoms with Crippen LogP contribution in [0.1, 0.15) is 24.7 Å². The fourth-order valence-corrected chi connectivity index (χ4v) is 3.24. The van der Waals surface area contributed by atoms with Gasteiger partial charge in [-0.15, -0.1) is 5.10 Å². The molecule has 3 aromatic rings. The number of H-pyrrole nitrogens is 1. The van der Waals surface area contributed by atoms with Crippen molar-refractivity contribution in [3.63, 3.8) is 0 Å². The first-order chi connectivity index (χ1) is 11.6. The molecule has 6 nitrogen and oxygen atoms in total. The van der Waals surface area contributed by atoms with Crippen LogP contribution in [0.15, 0.2) is 40.5 Å². The van der Waals surface area contributed by atoms with Crippen molar-refractivity contribution in [1.29, 1.82) is 0 Å². The van der Waals surface area contributed by atoms with E-state index in [0.717, 1.165) is 46.9 Å². The summed E-state index contributed by atoms with van der Waals surface area (Å²) in [4.78, 5) is 15.9. The fraction of sp³-hybridized carbons (Fsp3) is 0.235. The predicted octanol–water partition coefficient (Wildman–Crippen LogP) is 2.13. The van der Waals surface area contributed by atoms with Crippen LogP contribution >= 0.6 is 11.8 Å². The maximum absolute atomic E-state index is 11.5. The van der Waals surface area contributed by atoms with E-state index in [-0.39, 0.29) is 4.91 Å². The molecule has 0 unspecified atom stereocenters. The van der Waals surface area contributed by atoms with E-state index in [9.17, 15) is 9.90 Å². The van der Waals surface area contributed by atoms with Gasteiger partial charge in [0.1, 0.15) is 5.82 Å². The van der Waals surface area contributed by atoms with E-state index < -0.39 is 5.97 Å². The van der Waals surface area contributed by atoms with Crippen LogP contribution in [0.5, 0.6) is 0 Å². The number of aromatic amines is 1. The fourth-order valence-electron chi connectivity index (χ4n) is 2.53. The van der Waals surface area contributed by atoms with Gasteiger partial charge < -0.3 is 14.5 Å². The molecule has 0 aliphatic rings. The average Bonchev–Trinajstić information content (AvgIpc) is 3.13. The SMILES string of the molecule is CCCc1nc(S/C(=C\c2cn(C)c3ccccc23)C(=O)[O-])n[nH]1. The van der Waals surface area contributed by atoms with Crippen molar-refractivity contribution in [1.82, 2.24) is 19.7 Å². The van der Waals surface area contributed by atoms with Gasteiger partial charge in [-0.3, -0.25) is 5.10 Å². The lowest BCUT2D eigenvalue weighted by Gasteiger charge is -2.05. The Morgan fingerprint density at radius 2 is 2.21 bits per heavy atom. The zero-order valence-electron chi connectivity index (χ0n) is 13.4. The monoisotopic (exact) mass is 341 g/mol. The number of benzene rings is 1. The third-order valence-corrected chi connectivity index (χ3v) is 4.48. The first-order valence-corrected chi connectivity index (χ1v) is 8.46. The van der Waals surface area contributed by atoms with Crippen LogP contribution in [0.25, 0.3) is 17.0 Å². The van der Waals surface area contributed by atoms with Crippen LogP contribution < -0.4 is 5.11 Å². The number of carboxylic acids is 1. The molecule has 2 aromatic heterocycles. The number of fused-ring (bicyclic) bond motifs is 1. The molecule has 2 heterocycles. The molecule has 0 aliphatic carbocycles. The third-order valence-electron chi connectivity index (χ3n) is 3.61. The molecule has 0 fully saturated rings. The number of aromatic nitrogens is 4. The van der Waals surface area contributed by atoms with Gasteiger partial charge in [-0.25, -0.2) is 4.98 Å². The van der Waals surface area contributed by atoms with Crippen molar-refractivity contribution in [2.45, 2.75) is 24.9 Å². The van der Waals surface area contributed by atoms with Crippen LogP contribution in [0.4, 0.5) is 0 Å². The predicted molar refractivity (Wildman–Crippen MR) is 92.1 cm³/mol. The van der Waals surface area contributed by atoms with Gasteiger partial charge in [0.2, 0.25) is 5.16 Å². The maximum atomic E-state index is 11.5. The van der Waals surface area contributed by atoms with Crippen molar-refractivity contribution in [3.8, 4) is 0 Å². The van der Waals surface area contributed by atoms with Crippen LogP contribution in [0, 0.1) is 0 Å². The topological polar surface area (TPSA) is 86.6 Å². The average molecular weight is 341 g/mol. The van der Waals surface area contributed by atoms with E-state index in [1.807, 2.05) is 49.0 Å². The van der Waals surface area contributed by atoms with Crippen molar-refractivity contribution in [3.05, 3.63) is 46.8 Å². The number of nitrogens with zero attached hydrogens (tertiary/aromatic N) is 3. The van der Waals surface area contributed by atoms with Gasteiger partial charge >= 0.3 is 0 Å². The number of para-hydroxylation sites is 1. The van der Waals surface area contributed by atoms with E-state index >= 15 is 0 Å². The zero-order valence-corrected chi connectivity index (χ0v) is 14.3. The van der Waals surface area contributed by atoms with Crippen LogP contribution in [0.3, 0.4) is 0 Å². The lowest BCUT2D eigenvalue weighted by atomic mass is 10.1. The first kappa shape index (κ1) is 16.3. The Morgan fingerprint density at radius 1 is 1.42 bits per heavy atom. The van der Waals surface area contributed by atoms with E-state index in [1.165, 1.54) is 0 Å². The summed E-state index contributed by atoms with van der Waals surface area (Å²) in [6, 6.07) is 7.83. The Labute approximate surface area is 143 Å². The Kier molecular flexibility index (Phi) is 4.71. The number of nitrogens with one attached hydrogen (secondary N) is 1. The Hall–Kier alpha value is -2.54. The van der Waals surface area contributed by atoms with Crippen LogP contribution in [-0.2, 0) is 18.3 Å². The minimum atomic E-state index is -1.24. The van der Waals surface area contributed by atoms with Gasteiger partial charge in [0.25, 0.3) is 0 Å². The molecule has 7 heteroatoms. The molecule has 0 radical (unpaired) electrons. The zero-order chi connectivity index (χ0) is 17.1. The van der Waals surface area contributed by atoms with Gasteiger partial charge in [0.15, 0.2) is 0 Å². The summed E-state index contributed by atoms with van der Waals surface area (Å²) in [5.74, 6) is -0.488. The quantitative estimate of drug-likeness (QED) is 0.548. The van der Waals surface area contributed by atoms with E-state index in [0.29, 0.717) is 5.16 Å². The molecule has 0 atom stereocenters. The highest BCUT2D eigenvalue weighted by Gasteiger charge is 2.10. The number of carbonyl (C=O) groups is 1. The number of carboxylic acid groups (broad SMARTS) is 1. The Morgan fingerprint density at radius 3 is 2.96 bits per heavy atom. The van der Waals surface area contributed by atoms with Gasteiger partial charge in [0, 0.05) is 41.0 Å². The maximum Gasteiger partial charge on any atom is 0.213 e. The second-order valence-corrected chi connectivity index (χ2v) is 6.43. The van der Waals surface area contributed by atoms with E-state index in [4.69, 9.17) is 0 Å². The van der Waals surface area contributed by atoms with E-state index in [2.05, 4.69) is 15.2 Å². The van der Waals surface area contributed by atoms with Gasteiger partial charge in [-0.05, 0) is 30.3 Å². The first-order valence-electron chi connectivity index (χ1n) is 7.64. The number of hydrogen-bond donors (Lipinski definition) is 1. The minimum absolute atomic E-state index is 0.0772.